The van der Waals surface area contributed by atoms with Crippen molar-refractivity contribution < 1.29 is 13.9 Å². The van der Waals surface area contributed by atoms with Gasteiger partial charge in [-0.2, -0.15) is 0 Å². The second-order valence-corrected chi connectivity index (χ2v) is 5.29. The molecule has 0 aliphatic heterocycles. The first-order valence-electron chi connectivity index (χ1n) is 5.90. The molecule has 0 aliphatic rings. The molecule has 0 aromatic heterocycles. The summed E-state index contributed by atoms with van der Waals surface area (Å²) in [6.07, 6.45) is 0.325. The van der Waals surface area contributed by atoms with Crippen LogP contribution in [0.15, 0.2) is 46.9 Å². The van der Waals surface area contributed by atoms with E-state index in [1.54, 1.807) is 24.3 Å². The van der Waals surface area contributed by atoms with Crippen LogP contribution in [0.1, 0.15) is 17.0 Å². The van der Waals surface area contributed by atoms with E-state index in [4.69, 9.17) is 0 Å². The second-order valence-electron chi connectivity index (χ2n) is 4.37. The minimum atomic E-state index is -0.356. The number of rotatable bonds is 4. The Bertz CT molecular complexity index is 572. The van der Waals surface area contributed by atoms with Crippen LogP contribution in [0.5, 0.6) is 0 Å². The Kier molecular flexibility index (Phi) is 4.66. The monoisotopic (exact) mass is 326 g/mol. The molecular weight excluding hydrogens is 314 g/mol. The van der Waals surface area contributed by atoms with E-state index in [2.05, 4.69) is 15.9 Å². The van der Waals surface area contributed by atoms with Crippen LogP contribution >= 0.6 is 15.9 Å². The fraction of sp³-hybridized carbons (Fsp3) is 0.200. The van der Waals surface area contributed by atoms with Crippen molar-refractivity contribution >= 4 is 15.9 Å². The summed E-state index contributed by atoms with van der Waals surface area (Å²) in [5.41, 5.74) is 1.17. The molecule has 1 nitrogen and oxygen atoms in total. The molecule has 0 spiro atoms. The van der Waals surface area contributed by atoms with Gasteiger partial charge in [0.05, 0.1) is 6.61 Å². The van der Waals surface area contributed by atoms with Gasteiger partial charge < -0.3 is 5.11 Å². The Hall–Kier alpha value is -1.26. The van der Waals surface area contributed by atoms with Crippen LogP contribution in [0.4, 0.5) is 8.78 Å². The van der Waals surface area contributed by atoms with Crippen LogP contribution in [0.3, 0.4) is 0 Å². The molecule has 1 N–H and O–H groups in total. The van der Waals surface area contributed by atoms with Gasteiger partial charge in [-0.15, -0.1) is 0 Å². The fourth-order valence-corrected chi connectivity index (χ4v) is 2.42. The molecule has 0 bridgehead atoms. The van der Waals surface area contributed by atoms with Crippen molar-refractivity contribution in [3.8, 4) is 0 Å². The average Bonchev–Trinajstić information content (AvgIpc) is 2.39. The number of hydrogen-bond donors (Lipinski definition) is 1. The van der Waals surface area contributed by atoms with Gasteiger partial charge in [0.25, 0.3) is 0 Å². The van der Waals surface area contributed by atoms with Gasteiger partial charge in [-0.1, -0.05) is 28.1 Å². The largest absolute Gasteiger partial charge is 0.396 e. The van der Waals surface area contributed by atoms with E-state index < -0.39 is 0 Å². The van der Waals surface area contributed by atoms with E-state index in [-0.39, 0.29) is 24.2 Å². The van der Waals surface area contributed by atoms with Gasteiger partial charge in [0.15, 0.2) is 0 Å². The minimum Gasteiger partial charge on any atom is -0.396 e. The van der Waals surface area contributed by atoms with E-state index >= 15 is 0 Å². The molecule has 4 heteroatoms. The molecule has 19 heavy (non-hydrogen) atoms. The van der Waals surface area contributed by atoms with Crippen LogP contribution < -0.4 is 0 Å². The molecule has 100 valence electrons. The van der Waals surface area contributed by atoms with Crippen molar-refractivity contribution in [1.82, 2.24) is 0 Å². The Balaban J connectivity index is 2.26. The molecule has 0 radical (unpaired) electrons. The Labute approximate surface area is 119 Å². The summed E-state index contributed by atoms with van der Waals surface area (Å²) in [6.45, 7) is -0.157. The van der Waals surface area contributed by atoms with E-state index in [1.165, 1.54) is 18.2 Å². The highest BCUT2D eigenvalue weighted by Gasteiger charge is 2.14. The molecule has 2 aromatic rings. The Morgan fingerprint density at radius 1 is 1.11 bits per heavy atom. The van der Waals surface area contributed by atoms with Gasteiger partial charge in [0, 0.05) is 10.4 Å². The Morgan fingerprint density at radius 2 is 1.89 bits per heavy atom. The smallest absolute Gasteiger partial charge is 0.126 e. The lowest BCUT2D eigenvalue weighted by molar-refractivity contribution is 0.263. The van der Waals surface area contributed by atoms with Gasteiger partial charge in [0.2, 0.25) is 0 Å². The molecule has 0 saturated heterocycles. The Morgan fingerprint density at radius 3 is 2.58 bits per heavy atom. The molecule has 0 aliphatic carbocycles. The number of hydrogen-bond acceptors (Lipinski definition) is 1. The third kappa shape index (κ3) is 3.61. The highest BCUT2D eigenvalue weighted by atomic mass is 79.9. The normalized spacial score (nSPS) is 12.4. The zero-order valence-corrected chi connectivity index (χ0v) is 11.7. The zero-order chi connectivity index (χ0) is 13.8. The number of benzene rings is 2. The molecule has 0 saturated carbocycles. The number of halogens is 3. The van der Waals surface area contributed by atoms with Crippen molar-refractivity contribution in [2.75, 3.05) is 6.61 Å². The van der Waals surface area contributed by atoms with Gasteiger partial charge >= 0.3 is 0 Å². The lowest BCUT2D eigenvalue weighted by Gasteiger charge is -2.15. The molecule has 0 amide bonds. The predicted octanol–water partition coefficient (Wildman–Crippen LogP) is 4.05. The van der Waals surface area contributed by atoms with Crippen molar-refractivity contribution in [2.24, 2.45) is 0 Å². The van der Waals surface area contributed by atoms with E-state index in [0.717, 1.165) is 4.47 Å². The summed E-state index contributed by atoms with van der Waals surface area (Å²) in [5, 5.41) is 9.44. The van der Waals surface area contributed by atoms with Gasteiger partial charge in [-0.3, -0.25) is 0 Å². The van der Waals surface area contributed by atoms with Crippen LogP contribution in [0.25, 0.3) is 0 Å². The van der Waals surface area contributed by atoms with E-state index in [9.17, 15) is 13.9 Å². The number of aliphatic hydroxyl groups is 1. The predicted molar refractivity (Wildman–Crippen MR) is 74.0 cm³/mol. The highest BCUT2D eigenvalue weighted by Crippen LogP contribution is 2.24. The maximum absolute atomic E-state index is 13.7. The topological polar surface area (TPSA) is 20.2 Å². The first kappa shape index (κ1) is 14.2. The van der Waals surface area contributed by atoms with Crippen LogP contribution in [0, 0.1) is 11.6 Å². The van der Waals surface area contributed by atoms with Crippen LogP contribution in [-0.4, -0.2) is 11.7 Å². The summed E-state index contributed by atoms with van der Waals surface area (Å²) in [6, 6.07) is 10.7. The van der Waals surface area contributed by atoms with Gasteiger partial charge in [-0.05, 0) is 47.9 Å². The van der Waals surface area contributed by atoms with E-state index in [1.807, 2.05) is 0 Å². The minimum absolute atomic E-state index is 0.157. The van der Waals surface area contributed by atoms with Crippen molar-refractivity contribution in [3.05, 3.63) is 69.7 Å². The molecule has 2 rings (SSSR count). The standard InChI is InChI=1S/C15H13BrF2O/c16-13-4-5-15(18)11(7-13)6-12(9-19)10-2-1-3-14(17)8-10/h1-5,7-8,12,19H,6,9H2. The van der Waals surface area contributed by atoms with Gasteiger partial charge in [-0.25, -0.2) is 8.78 Å². The maximum Gasteiger partial charge on any atom is 0.126 e. The third-order valence-electron chi connectivity index (χ3n) is 3.01. The molecular formula is C15H13BrF2O. The van der Waals surface area contributed by atoms with Crippen molar-refractivity contribution in [2.45, 2.75) is 12.3 Å². The lowest BCUT2D eigenvalue weighted by Crippen LogP contribution is -2.09. The summed E-state index contributed by atoms with van der Waals surface area (Å²) < 4.78 is 27.6. The fourth-order valence-electron chi connectivity index (χ4n) is 2.01. The second kappa shape index (κ2) is 6.26. The first-order chi connectivity index (χ1) is 9.10. The third-order valence-corrected chi connectivity index (χ3v) is 3.51. The summed E-state index contributed by atoms with van der Waals surface area (Å²) in [4.78, 5) is 0. The first-order valence-corrected chi connectivity index (χ1v) is 6.69. The molecule has 2 aromatic carbocycles. The summed E-state index contributed by atoms with van der Waals surface area (Å²) in [5.74, 6) is -0.997. The lowest BCUT2D eigenvalue weighted by atomic mass is 9.92. The molecule has 0 heterocycles. The van der Waals surface area contributed by atoms with Crippen molar-refractivity contribution in [1.29, 1.82) is 0 Å². The van der Waals surface area contributed by atoms with Crippen LogP contribution in [-0.2, 0) is 6.42 Å². The molecule has 0 fully saturated rings. The van der Waals surface area contributed by atoms with Gasteiger partial charge in [0.1, 0.15) is 11.6 Å². The summed E-state index contributed by atoms with van der Waals surface area (Å²) >= 11 is 3.29. The highest BCUT2D eigenvalue weighted by molar-refractivity contribution is 9.10. The number of aliphatic hydroxyl groups excluding tert-OH is 1. The van der Waals surface area contributed by atoms with E-state index in [0.29, 0.717) is 17.5 Å². The average molecular weight is 327 g/mol. The zero-order valence-electron chi connectivity index (χ0n) is 10.1. The molecule has 1 unspecified atom stereocenters. The molecule has 1 atom stereocenters. The SMILES string of the molecule is OCC(Cc1cc(Br)ccc1F)c1cccc(F)c1. The summed E-state index contributed by atoms with van der Waals surface area (Å²) in [7, 11) is 0. The van der Waals surface area contributed by atoms with Crippen molar-refractivity contribution in [3.63, 3.8) is 0 Å². The van der Waals surface area contributed by atoms with Crippen LogP contribution in [0.2, 0.25) is 0 Å². The maximum atomic E-state index is 13.7. The quantitative estimate of drug-likeness (QED) is 0.898.